The molecule has 1 aromatic rings. The van der Waals surface area contributed by atoms with Gasteiger partial charge in [0, 0.05) is 38.8 Å². The molecule has 7 nitrogen and oxygen atoms in total. The summed E-state index contributed by atoms with van der Waals surface area (Å²) >= 11 is 0. The first-order chi connectivity index (χ1) is 13.6. The molecule has 0 aromatic heterocycles. The van der Waals surface area contributed by atoms with E-state index in [-0.39, 0.29) is 5.91 Å². The molecule has 0 aliphatic carbocycles. The quantitative estimate of drug-likeness (QED) is 0.380. The first-order valence-electron chi connectivity index (χ1n) is 10.4. The van der Waals surface area contributed by atoms with E-state index in [2.05, 4.69) is 39.7 Å². The molecule has 7 heteroatoms. The van der Waals surface area contributed by atoms with Crippen molar-refractivity contribution in [3.05, 3.63) is 29.8 Å². The number of nitrogens with one attached hydrogen (secondary N) is 3. The van der Waals surface area contributed by atoms with Crippen molar-refractivity contribution in [1.29, 1.82) is 0 Å². The second-order valence-electron chi connectivity index (χ2n) is 7.23. The average molecular weight is 390 g/mol. The molecule has 0 atom stereocenters. The van der Waals surface area contributed by atoms with Gasteiger partial charge in [-0.05, 0) is 50.3 Å². The van der Waals surface area contributed by atoms with Crippen LogP contribution in [0, 0.1) is 0 Å². The summed E-state index contributed by atoms with van der Waals surface area (Å²) in [5.41, 5.74) is 1.08. The molecule has 1 heterocycles. The molecular formula is C21H35N5O2. The number of carbonyl (C=O) groups excluding carboxylic acids is 1. The minimum Gasteiger partial charge on any atom is -0.508 e. The molecule has 1 aliphatic rings. The molecule has 1 aliphatic heterocycles. The summed E-state index contributed by atoms with van der Waals surface area (Å²) in [6, 6.07) is 7.69. The van der Waals surface area contributed by atoms with Crippen LogP contribution in [-0.4, -0.2) is 67.2 Å². The Morgan fingerprint density at radius 3 is 2.71 bits per heavy atom. The van der Waals surface area contributed by atoms with Gasteiger partial charge in [0.2, 0.25) is 5.91 Å². The van der Waals surface area contributed by atoms with Crippen LogP contribution >= 0.6 is 0 Å². The number of amides is 1. The Morgan fingerprint density at radius 1 is 1.25 bits per heavy atom. The van der Waals surface area contributed by atoms with Crippen molar-refractivity contribution in [3.63, 3.8) is 0 Å². The molecule has 0 unspecified atom stereocenters. The third-order valence-corrected chi connectivity index (χ3v) is 4.79. The van der Waals surface area contributed by atoms with Crippen molar-refractivity contribution in [1.82, 2.24) is 20.9 Å². The van der Waals surface area contributed by atoms with E-state index in [1.807, 2.05) is 12.1 Å². The Kier molecular flexibility index (Phi) is 9.62. The summed E-state index contributed by atoms with van der Waals surface area (Å²) in [6.07, 6.45) is 3.75. The Hall–Kier alpha value is -2.28. The molecule has 4 N–H and O–H groups in total. The number of carbonyl (C=O) groups is 1. The highest BCUT2D eigenvalue weighted by molar-refractivity contribution is 5.80. The zero-order chi connectivity index (χ0) is 20.2. The molecular weight excluding hydrogens is 354 g/mol. The molecule has 1 saturated heterocycles. The van der Waals surface area contributed by atoms with E-state index in [0.717, 1.165) is 63.4 Å². The third kappa shape index (κ3) is 8.17. The van der Waals surface area contributed by atoms with Gasteiger partial charge in [0.1, 0.15) is 5.75 Å². The van der Waals surface area contributed by atoms with Crippen molar-refractivity contribution in [3.8, 4) is 5.75 Å². The van der Waals surface area contributed by atoms with Gasteiger partial charge in [0.25, 0.3) is 0 Å². The van der Waals surface area contributed by atoms with Crippen molar-refractivity contribution in [2.24, 2.45) is 4.99 Å². The third-order valence-electron chi connectivity index (χ3n) is 4.79. The first-order valence-corrected chi connectivity index (χ1v) is 10.4. The van der Waals surface area contributed by atoms with Crippen LogP contribution in [0.2, 0.25) is 0 Å². The van der Waals surface area contributed by atoms with Crippen molar-refractivity contribution in [2.45, 2.75) is 45.6 Å². The van der Waals surface area contributed by atoms with Crippen LogP contribution in [0.4, 0.5) is 0 Å². The standard InChI is InChI=1S/C21H35N5O2/c1-3-11-23-20(28)16-26-13-9-18(10-14-26)25-21(22-4-2)24-12-8-17-6-5-7-19(27)15-17/h5-7,15,18,27H,3-4,8-14,16H2,1-2H3,(H,23,28)(H2,22,24,25). The lowest BCUT2D eigenvalue weighted by atomic mass is 10.1. The summed E-state index contributed by atoms with van der Waals surface area (Å²) in [6.45, 7) is 8.67. The number of phenols is 1. The molecule has 1 amide bonds. The van der Waals surface area contributed by atoms with E-state index >= 15 is 0 Å². The van der Waals surface area contributed by atoms with Crippen LogP contribution in [0.5, 0.6) is 5.75 Å². The number of hydrogen-bond acceptors (Lipinski definition) is 4. The summed E-state index contributed by atoms with van der Waals surface area (Å²) in [5, 5.41) is 19.3. The van der Waals surface area contributed by atoms with E-state index < -0.39 is 0 Å². The molecule has 1 aromatic carbocycles. The lowest BCUT2D eigenvalue weighted by Gasteiger charge is -2.32. The number of aromatic hydroxyl groups is 1. The van der Waals surface area contributed by atoms with Gasteiger partial charge < -0.3 is 21.1 Å². The highest BCUT2D eigenvalue weighted by Gasteiger charge is 2.21. The van der Waals surface area contributed by atoms with E-state index in [0.29, 0.717) is 24.9 Å². The minimum atomic E-state index is 0.120. The highest BCUT2D eigenvalue weighted by atomic mass is 16.3. The monoisotopic (exact) mass is 389 g/mol. The smallest absolute Gasteiger partial charge is 0.234 e. The van der Waals surface area contributed by atoms with Gasteiger partial charge in [-0.2, -0.15) is 0 Å². The summed E-state index contributed by atoms with van der Waals surface area (Å²) in [5.74, 6) is 1.25. The number of rotatable bonds is 9. The Balaban J connectivity index is 1.75. The molecule has 0 saturated carbocycles. The molecule has 0 bridgehead atoms. The molecule has 0 radical (unpaired) electrons. The second-order valence-corrected chi connectivity index (χ2v) is 7.23. The Morgan fingerprint density at radius 2 is 2.04 bits per heavy atom. The SMILES string of the molecule is CCCNC(=O)CN1CCC(NC(=NCCc2cccc(O)c2)NCC)CC1. The number of aliphatic imine (C=N–C) groups is 1. The molecule has 1 fully saturated rings. The lowest BCUT2D eigenvalue weighted by molar-refractivity contribution is -0.122. The van der Waals surface area contributed by atoms with Gasteiger partial charge in [-0.3, -0.25) is 14.7 Å². The van der Waals surface area contributed by atoms with Gasteiger partial charge in [0.05, 0.1) is 6.54 Å². The predicted octanol–water partition coefficient (Wildman–Crippen LogP) is 1.48. The van der Waals surface area contributed by atoms with Crippen molar-refractivity contribution >= 4 is 11.9 Å². The Labute approximate surface area is 168 Å². The second kappa shape index (κ2) is 12.2. The lowest BCUT2D eigenvalue weighted by Crippen LogP contribution is -2.50. The summed E-state index contributed by atoms with van der Waals surface area (Å²) < 4.78 is 0. The number of hydrogen-bond donors (Lipinski definition) is 4. The molecule has 2 rings (SSSR count). The maximum Gasteiger partial charge on any atom is 0.234 e. The van der Waals surface area contributed by atoms with E-state index in [1.54, 1.807) is 12.1 Å². The summed E-state index contributed by atoms with van der Waals surface area (Å²) in [4.78, 5) is 18.7. The van der Waals surface area contributed by atoms with Crippen molar-refractivity contribution < 1.29 is 9.90 Å². The fourth-order valence-corrected chi connectivity index (χ4v) is 3.28. The van der Waals surface area contributed by atoms with Gasteiger partial charge >= 0.3 is 0 Å². The van der Waals surface area contributed by atoms with E-state index in [4.69, 9.17) is 0 Å². The first kappa shape index (κ1) is 22.0. The predicted molar refractivity (Wildman–Crippen MR) is 114 cm³/mol. The van der Waals surface area contributed by atoms with E-state index in [9.17, 15) is 9.90 Å². The van der Waals surface area contributed by atoms with Gasteiger partial charge in [-0.25, -0.2) is 0 Å². The Bertz CT molecular complexity index is 627. The average Bonchev–Trinajstić information content (AvgIpc) is 2.68. The highest BCUT2D eigenvalue weighted by Crippen LogP contribution is 2.12. The normalized spacial score (nSPS) is 16.0. The number of guanidine groups is 1. The van der Waals surface area contributed by atoms with Gasteiger partial charge in [-0.15, -0.1) is 0 Å². The van der Waals surface area contributed by atoms with Crippen molar-refractivity contribution in [2.75, 3.05) is 39.3 Å². The van der Waals surface area contributed by atoms with Gasteiger partial charge in [-0.1, -0.05) is 19.1 Å². The number of piperidine rings is 1. The molecule has 0 spiro atoms. The van der Waals surface area contributed by atoms with Crippen LogP contribution in [0.3, 0.4) is 0 Å². The maximum atomic E-state index is 11.9. The fourth-order valence-electron chi connectivity index (χ4n) is 3.28. The number of nitrogens with zero attached hydrogens (tertiary/aromatic N) is 2. The number of likely N-dealkylation sites (tertiary alicyclic amines) is 1. The van der Waals surface area contributed by atoms with Crippen LogP contribution in [0.1, 0.15) is 38.7 Å². The van der Waals surface area contributed by atoms with Crippen LogP contribution in [0.25, 0.3) is 0 Å². The van der Waals surface area contributed by atoms with Crippen LogP contribution < -0.4 is 16.0 Å². The molecule has 156 valence electrons. The zero-order valence-corrected chi connectivity index (χ0v) is 17.2. The maximum absolute atomic E-state index is 11.9. The van der Waals surface area contributed by atoms with Crippen LogP contribution in [-0.2, 0) is 11.2 Å². The molecule has 28 heavy (non-hydrogen) atoms. The number of phenolic OH excluding ortho intramolecular Hbond substituents is 1. The minimum absolute atomic E-state index is 0.120. The zero-order valence-electron chi connectivity index (χ0n) is 17.2. The van der Waals surface area contributed by atoms with Crippen LogP contribution in [0.15, 0.2) is 29.3 Å². The van der Waals surface area contributed by atoms with Gasteiger partial charge in [0.15, 0.2) is 5.96 Å². The topological polar surface area (TPSA) is 89.0 Å². The summed E-state index contributed by atoms with van der Waals surface area (Å²) in [7, 11) is 0. The fraction of sp³-hybridized carbons (Fsp3) is 0.619. The van der Waals surface area contributed by atoms with E-state index in [1.165, 1.54) is 0 Å². The largest absolute Gasteiger partial charge is 0.508 e. The number of benzene rings is 1.